The van der Waals surface area contributed by atoms with Crippen LogP contribution in [-0.4, -0.2) is 17.8 Å². The van der Waals surface area contributed by atoms with Gasteiger partial charge in [0.15, 0.2) is 0 Å². The number of hydrogen-bond donors (Lipinski definition) is 2. The number of rotatable bonds is 3. The predicted molar refractivity (Wildman–Crippen MR) is 38.3 cm³/mol. The van der Waals surface area contributed by atoms with Gasteiger partial charge in [-0.1, -0.05) is 0 Å². The standard InChI is InChI=1S/C4H10OS2/c1-4(7)5-2-3-6/h4,6-7H,2-3H2,1H3. The largest absolute Gasteiger partial charge is 0.367 e. The van der Waals surface area contributed by atoms with E-state index in [-0.39, 0.29) is 5.44 Å². The van der Waals surface area contributed by atoms with Crippen LogP contribution >= 0.6 is 25.3 Å². The molecule has 0 aromatic heterocycles. The zero-order valence-corrected chi connectivity index (χ0v) is 6.08. The highest BCUT2D eigenvalue weighted by molar-refractivity contribution is 7.80. The van der Waals surface area contributed by atoms with E-state index in [0.29, 0.717) is 6.61 Å². The third kappa shape index (κ3) is 6.66. The maximum atomic E-state index is 4.98. The highest BCUT2D eigenvalue weighted by Gasteiger charge is 1.88. The molecule has 0 aliphatic heterocycles. The van der Waals surface area contributed by atoms with Crippen molar-refractivity contribution in [2.45, 2.75) is 12.4 Å². The Bertz CT molecular complexity index is 38.7. The molecule has 1 unspecified atom stereocenters. The van der Waals surface area contributed by atoms with Crippen molar-refractivity contribution < 1.29 is 4.74 Å². The second-order valence-electron chi connectivity index (χ2n) is 1.19. The molecule has 3 heteroatoms. The van der Waals surface area contributed by atoms with Crippen molar-refractivity contribution in [3.05, 3.63) is 0 Å². The van der Waals surface area contributed by atoms with E-state index < -0.39 is 0 Å². The Morgan fingerprint density at radius 1 is 1.71 bits per heavy atom. The van der Waals surface area contributed by atoms with Crippen LogP contribution in [0, 0.1) is 0 Å². The number of ether oxygens (including phenoxy) is 1. The van der Waals surface area contributed by atoms with Crippen LogP contribution in [0.5, 0.6) is 0 Å². The van der Waals surface area contributed by atoms with Crippen LogP contribution in [0.4, 0.5) is 0 Å². The lowest BCUT2D eigenvalue weighted by Crippen LogP contribution is -2.01. The molecule has 0 radical (unpaired) electrons. The fourth-order valence-electron chi connectivity index (χ4n) is 0.223. The lowest BCUT2D eigenvalue weighted by molar-refractivity contribution is 0.141. The summed E-state index contributed by atoms with van der Waals surface area (Å²) in [4.78, 5) is 0. The SMILES string of the molecule is CC(S)OCCS. The second kappa shape index (κ2) is 4.81. The molecule has 44 valence electrons. The van der Waals surface area contributed by atoms with Gasteiger partial charge < -0.3 is 4.74 Å². The van der Waals surface area contributed by atoms with Crippen molar-refractivity contribution in [2.75, 3.05) is 12.4 Å². The van der Waals surface area contributed by atoms with Gasteiger partial charge in [0.05, 0.1) is 12.0 Å². The van der Waals surface area contributed by atoms with Gasteiger partial charge in [0.25, 0.3) is 0 Å². The van der Waals surface area contributed by atoms with Crippen molar-refractivity contribution >= 4 is 25.3 Å². The second-order valence-corrected chi connectivity index (χ2v) is 2.37. The highest BCUT2D eigenvalue weighted by Crippen LogP contribution is 1.93. The zero-order valence-electron chi connectivity index (χ0n) is 4.29. The van der Waals surface area contributed by atoms with Gasteiger partial charge in [0, 0.05) is 5.75 Å². The van der Waals surface area contributed by atoms with Crippen LogP contribution < -0.4 is 0 Å². The summed E-state index contributed by atoms with van der Waals surface area (Å²) in [6, 6.07) is 0. The van der Waals surface area contributed by atoms with Crippen LogP contribution in [0.2, 0.25) is 0 Å². The van der Waals surface area contributed by atoms with Crippen LogP contribution in [0.3, 0.4) is 0 Å². The first-order chi connectivity index (χ1) is 3.27. The summed E-state index contributed by atoms with van der Waals surface area (Å²) in [5.74, 6) is 0.769. The molecule has 0 aromatic rings. The van der Waals surface area contributed by atoms with Gasteiger partial charge in [-0.3, -0.25) is 0 Å². The minimum Gasteiger partial charge on any atom is -0.367 e. The molecular weight excluding hydrogens is 128 g/mol. The minimum atomic E-state index is 0.0483. The topological polar surface area (TPSA) is 9.23 Å². The predicted octanol–water partition coefficient (Wildman–Crippen LogP) is 1.21. The smallest absolute Gasteiger partial charge is 0.0971 e. The maximum Gasteiger partial charge on any atom is 0.0971 e. The quantitative estimate of drug-likeness (QED) is 0.440. The molecule has 0 fully saturated rings. The highest BCUT2D eigenvalue weighted by atomic mass is 32.1. The summed E-state index contributed by atoms with van der Waals surface area (Å²) in [6.07, 6.45) is 0. The van der Waals surface area contributed by atoms with E-state index in [0.717, 1.165) is 5.75 Å². The van der Waals surface area contributed by atoms with Crippen molar-refractivity contribution in [3.8, 4) is 0 Å². The zero-order chi connectivity index (χ0) is 5.70. The Hall–Kier alpha value is 0.660. The van der Waals surface area contributed by atoms with Crippen molar-refractivity contribution in [2.24, 2.45) is 0 Å². The minimum absolute atomic E-state index is 0.0483. The molecule has 1 atom stereocenters. The maximum absolute atomic E-state index is 4.98. The fourth-order valence-corrected chi connectivity index (χ4v) is 0.434. The molecule has 0 heterocycles. The molecule has 1 nitrogen and oxygen atoms in total. The van der Waals surface area contributed by atoms with Crippen LogP contribution in [-0.2, 0) is 4.74 Å². The third-order valence-electron chi connectivity index (χ3n) is 0.450. The summed E-state index contributed by atoms with van der Waals surface area (Å²) in [7, 11) is 0. The molecule has 0 aliphatic carbocycles. The fraction of sp³-hybridized carbons (Fsp3) is 1.00. The lowest BCUT2D eigenvalue weighted by atomic mass is 10.8. The third-order valence-corrected chi connectivity index (χ3v) is 0.782. The molecule has 0 aromatic carbocycles. The summed E-state index contributed by atoms with van der Waals surface area (Å²) in [5.41, 5.74) is 0.0483. The normalized spacial score (nSPS) is 14.1. The lowest BCUT2D eigenvalue weighted by Gasteiger charge is -2.01. The van der Waals surface area contributed by atoms with Crippen molar-refractivity contribution in [1.82, 2.24) is 0 Å². The molecule has 0 N–H and O–H groups in total. The molecule has 0 rings (SSSR count). The van der Waals surface area contributed by atoms with Crippen molar-refractivity contribution in [1.29, 1.82) is 0 Å². The molecular formula is C4H10OS2. The molecule has 0 saturated carbocycles. The van der Waals surface area contributed by atoms with Gasteiger partial charge in [-0.15, -0.1) is 12.6 Å². The first-order valence-electron chi connectivity index (χ1n) is 2.18. The molecule has 0 spiro atoms. The van der Waals surface area contributed by atoms with Crippen molar-refractivity contribution in [3.63, 3.8) is 0 Å². The molecule has 0 saturated heterocycles. The van der Waals surface area contributed by atoms with Crippen LogP contribution in [0.15, 0.2) is 0 Å². The average molecular weight is 138 g/mol. The first kappa shape index (κ1) is 7.66. The van der Waals surface area contributed by atoms with E-state index in [9.17, 15) is 0 Å². The first-order valence-corrected chi connectivity index (χ1v) is 3.33. The van der Waals surface area contributed by atoms with E-state index in [4.69, 9.17) is 4.74 Å². The van der Waals surface area contributed by atoms with Crippen LogP contribution in [0.25, 0.3) is 0 Å². The molecule has 0 bridgehead atoms. The number of hydrogen-bond acceptors (Lipinski definition) is 3. The summed E-state index contributed by atoms with van der Waals surface area (Å²) < 4.78 is 4.98. The Kier molecular flexibility index (Phi) is 5.26. The van der Waals surface area contributed by atoms with E-state index in [1.54, 1.807) is 0 Å². The Morgan fingerprint density at radius 2 is 2.29 bits per heavy atom. The van der Waals surface area contributed by atoms with E-state index in [1.165, 1.54) is 0 Å². The summed E-state index contributed by atoms with van der Waals surface area (Å²) in [6.45, 7) is 2.57. The average Bonchev–Trinajstić information content (AvgIpc) is 1.61. The monoisotopic (exact) mass is 138 g/mol. The Labute approximate surface area is 55.3 Å². The van der Waals surface area contributed by atoms with E-state index in [2.05, 4.69) is 25.3 Å². The summed E-state index contributed by atoms with van der Waals surface area (Å²) in [5, 5.41) is 0. The molecule has 0 aliphatic rings. The van der Waals surface area contributed by atoms with Gasteiger partial charge >= 0.3 is 0 Å². The van der Waals surface area contributed by atoms with E-state index >= 15 is 0 Å². The molecule has 0 amide bonds. The van der Waals surface area contributed by atoms with Crippen LogP contribution in [0.1, 0.15) is 6.92 Å². The number of thiol groups is 2. The van der Waals surface area contributed by atoms with Gasteiger partial charge in [-0.05, 0) is 6.92 Å². The Morgan fingerprint density at radius 3 is 2.43 bits per heavy atom. The van der Waals surface area contributed by atoms with E-state index in [1.807, 2.05) is 6.92 Å². The van der Waals surface area contributed by atoms with Gasteiger partial charge in [0.2, 0.25) is 0 Å². The Balaban J connectivity index is 2.68. The molecule has 7 heavy (non-hydrogen) atoms. The van der Waals surface area contributed by atoms with Gasteiger partial charge in [0.1, 0.15) is 0 Å². The van der Waals surface area contributed by atoms with Gasteiger partial charge in [-0.2, -0.15) is 12.6 Å². The van der Waals surface area contributed by atoms with Gasteiger partial charge in [-0.25, -0.2) is 0 Å². The summed E-state index contributed by atoms with van der Waals surface area (Å²) >= 11 is 7.91.